The number of nitriles is 1. The van der Waals surface area contributed by atoms with Crippen molar-refractivity contribution in [1.29, 1.82) is 5.26 Å². The Labute approximate surface area is 178 Å². The molecule has 29 heavy (non-hydrogen) atoms. The van der Waals surface area contributed by atoms with Crippen LogP contribution >= 0.6 is 23.2 Å². The molecule has 1 saturated carbocycles. The average molecular weight is 434 g/mol. The van der Waals surface area contributed by atoms with Gasteiger partial charge in [0.2, 0.25) is 0 Å². The van der Waals surface area contributed by atoms with Gasteiger partial charge < -0.3 is 9.84 Å². The third-order valence-corrected chi connectivity index (χ3v) is 5.99. The summed E-state index contributed by atoms with van der Waals surface area (Å²) in [6, 6.07) is 14.7. The summed E-state index contributed by atoms with van der Waals surface area (Å²) < 4.78 is 19.9. The normalized spacial score (nSPS) is 22.8. The van der Waals surface area contributed by atoms with Gasteiger partial charge in [-0.25, -0.2) is 4.39 Å². The Morgan fingerprint density at radius 2 is 1.93 bits per heavy atom. The van der Waals surface area contributed by atoms with Gasteiger partial charge >= 0.3 is 5.97 Å². The predicted octanol–water partition coefficient (Wildman–Crippen LogP) is 6.27. The van der Waals surface area contributed by atoms with Crippen molar-refractivity contribution in [2.75, 3.05) is 0 Å². The summed E-state index contributed by atoms with van der Waals surface area (Å²) in [6.07, 6.45) is 1.45. The number of allylic oxidation sites excluding steroid dienone is 1. The molecule has 2 aromatic carbocycles. The number of nitrogens with zero attached hydrogens (tertiary/aromatic N) is 1. The minimum absolute atomic E-state index is 0.0601. The van der Waals surface area contributed by atoms with E-state index in [2.05, 4.69) is 6.07 Å². The van der Waals surface area contributed by atoms with E-state index < -0.39 is 34.5 Å². The summed E-state index contributed by atoms with van der Waals surface area (Å²) in [4.78, 5) is 12.3. The Balaban J connectivity index is 2.06. The molecular weight excluding hydrogens is 416 g/mol. The summed E-state index contributed by atoms with van der Waals surface area (Å²) in [6.45, 7) is 3.49. The van der Waals surface area contributed by atoms with Gasteiger partial charge in [0.1, 0.15) is 15.7 Å². The number of carboxylic acid groups (broad SMARTS) is 1. The molecule has 1 aliphatic carbocycles. The number of benzene rings is 2. The SMILES string of the molecule is CC1(C)C(C=C(Cl)Cl)[C@]1(C(=O)O)C(C#N)c1ccc(F)c(Oc2ccccc2)c1. The lowest BCUT2D eigenvalue weighted by atomic mass is 9.78. The minimum atomic E-state index is -1.46. The smallest absolute Gasteiger partial charge is 0.312 e. The molecule has 4 nitrogen and oxygen atoms in total. The highest BCUT2D eigenvalue weighted by Crippen LogP contribution is 2.75. The molecule has 0 aliphatic heterocycles. The van der Waals surface area contributed by atoms with Gasteiger partial charge in [-0.15, -0.1) is 0 Å². The summed E-state index contributed by atoms with van der Waals surface area (Å²) >= 11 is 11.6. The standard InChI is InChI=1S/C22H18Cl2FNO3/c1-21(2)18(11-19(23)24)22(21,20(27)28)15(12-26)13-8-9-16(25)17(10-13)29-14-6-4-3-5-7-14/h3-11,15,18H,1-2H3,(H,27,28)/t15?,18?,22-/m0/s1. The molecule has 0 bridgehead atoms. The first-order chi connectivity index (χ1) is 13.7. The Morgan fingerprint density at radius 3 is 2.48 bits per heavy atom. The lowest BCUT2D eigenvalue weighted by molar-refractivity contribution is -0.145. The molecule has 0 amide bonds. The highest BCUT2D eigenvalue weighted by atomic mass is 35.5. The Hall–Kier alpha value is -2.55. The van der Waals surface area contributed by atoms with Gasteiger partial charge in [0.05, 0.1) is 12.0 Å². The minimum Gasteiger partial charge on any atom is -0.481 e. The van der Waals surface area contributed by atoms with Crippen LogP contribution in [0.15, 0.2) is 59.1 Å². The number of rotatable bonds is 6. The summed E-state index contributed by atoms with van der Waals surface area (Å²) in [5, 5.41) is 20.0. The topological polar surface area (TPSA) is 70.3 Å². The molecule has 0 spiro atoms. The maximum atomic E-state index is 14.3. The van der Waals surface area contributed by atoms with Crippen LogP contribution in [0.25, 0.3) is 0 Å². The van der Waals surface area contributed by atoms with Gasteiger partial charge in [-0.05, 0) is 41.3 Å². The van der Waals surface area contributed by atoms with Crippen LogP contribution in [0.2, 0.25) is 0 Å². The molecule has 1 aliphatic rings. The van der Waals surface area contributed by atoms with Crippen molar-refractivity contribution in [3.8, 4) is 17.6 Å². The lowest BCUT2D eigenvalue weighted by Crippen LogP contribution is -2.28. The third kappa shape index (κ3) is 3.48. The number of ether oxygens (including phenoxy) is 1. The zero-order chi connectivity index (χ0) is 21.4. The van der Waals surface area contributed by atoms with Gasteiger partial charge in [-0.2, -0.15) is 5.26 Å². The quantitative estimate of drug-likeness (QED) is 0.582. The molecular formula is C22H18Cl2FNO3. The molecule has 7 heteroatoms. The first-order valence-electron chi connectivity index (χ1n) is 8.84. The molecule has 150 valence electrons. The van der Waals surface area contributed by atoms with Crippen molar-refractivity contribution in [2.45, 2.75) is 19.8 Å². The highest BCUT2D eigenvalue weighted by Gasteiger charge is 2.78. The maximum Gasteiger partial charge on any atom is 0.312 e. The van der Waals surface area contributed by atoms with Crippen LogP contribution in [0.1, 0.15) is 25.3 Å². The van der Waals surface area contributed by atoms with Crippen LogP contribution in [0.5, 0.6) is 11.5 Å². The zero-order valence-electron chi connectivity index (χ0n) is 15.7. The second kappa shape index (κ2) is 7.70. The maximum absolute atomic E-state index is 14.3. The fourth-order valence-electron chi connectivity index (χ4n) is 4.22. The van der Waals surface area contributed by atoms with E-state index in [9.17, 15) is 19.6 Å². The van der Waals surface area contributed by atoms with Crippen molar-refractivity contribution in [3.63, 3.8) is 0 Å². The monoisotopic (exact) mass is 433 g/mol. The molecule has 2 unspecified atom stereocenters. The summed E-state index contributed by atoms with van der Waals surface area (Å²) in [5.41, 5.74) is -1.90. The lowest BCUT2D eigenvalue weighted by Gasteiger charge is -2.22. The number of aliphatic carboxylic acids is 1. The number of carboxylic acids is 1. The van der Waals surface area contributed by atoms with Crippen molar-refractivity contribution >= 4 is 29.2 Å². The third-order valence-electron chi connectivity index (χ3n) is 5.74. The van der Waals surface area contributed by atoms with E-state index in [-0.39, 0.29) is 10.2 Å². The second-order valence-electron chi connectivity index (χ2n) is 7.50. The van der Waals surface area contributed by atoms with Crippen molar-refractivity contribution in [1.82, 2.24) is 0 Å². The Kier molecular flexibility index (Phi) is 5.62. The van der Waals surface area contributed by atoms with E-state index >= 15 is 0 Å². The molecule has 0 saturated heterocycles. The van der Waals surface area contributed by atoms with E-state index in [1.165, 1.54) is 24.3 Å². The molecule has 1 N–H and O–H groups in total. The zero-order valence-corrected chi connectivity index (χ0v) is 17.2. The van der Waals surface area contributed by atoms with Gasteiger partial charge in [-0.1, -0.05) is 61.3 Å². The van der Waals surface area contributed by atoms with Crippen molar-refractivity contribution in [3.05, 3.63) is 70.5 Å². The first kappa shape index (κ1) is 21.2. The van der Waals surface area contributed by atoms with Gasteiger partial charge in [0.25, 0.3) is 0 Å². The van der Waals surface area contributed by atoms with E-state index in [1.807, 2.05) is 0 Å². The molecule has 0 radical (unpaired) electrons. The number of hydrogen-bond acceptors (Lipinski definition) is 3. The van der Waals surface area contributed by atoms with Crippen LogP contribution < -0.4 is 4.74 Å². The van der Waals surface area contributed by atoms with Crippen molar-refractivity contribution in [2.24, 2.45) is 16.7 Å². The van der Waals surface area contributed by atoms with Gasteiger partial charge in [0, 0.05) is 5.92 Å². The van der Waals surface area contributed by atoms with E-state index in [1.54, 1.807) is 44.2 Å². The number of para-hydroxylation sites is 1. The molecule has 1 fully saturated rings. The van der Waals surface area contributed by atoms with Gasteiger partial charge in [0.15, 0.2) is 11.6 Å². The van der Waals surface area contributed by atoms with Crippen LogP contribution in [0, 0.1) is 33.9 Å². The van der Waals surface area contributed by atoms with Gasteiger partial charge in [-0.3, -0.25) is 4.79 Å². The van der Waals surface area contributed by atoms with Crippen molar-refractivity contribution < 1.29 is 19.0 Å². The van der Waals surface area contributed by atoms with E-state index in [0.29, 0.717) is 11.3 Å². The molecule has 0 heterocycles. The van der Waals surface area contributed by atoms with Crippen LogP contribution in [-0.4, -0.2) is 11.1 Å². The highest BCUT2D eigenvalue weighted by molar-refractivity contribution is 6.55. The molecule has 3 rings (SSSR count). The number of halogens is 3. The summed E-state index contributed by atoms with van der Waals surface area (Å²) in [5.74, 6) is -3.05. The molecule has 3 atom stereocenters. The number of hydrogen-bond donors (Lipinski definition) is 1. The fraction of sp³-hybridized carbons (Fsp3) is 0.273. The largest absolute Gasteiger partial charge is 0.481 e. The van der Waals surface area contributed by atoms with Crippen LogP contribution in [0.3, 0.4) is 0 Å². The number of carbonyl (C=O) groups is 1. The molecule has 2 aromatic rings. The Morgan fingerprint density at radius 1 is 1.28 bits per heavy atom. The van der Waals surface area contributed by atoms with Crippen LogP contribution in [-0.2, 0) is 4.79 Å². The van der Waals surface area contributed by atoms with E-state index in [0.717, 1.165) is 0 Å². The second-order valence-corrected chi connectivity index (χ2v) is 8.50. The molecule has 0 aromatic heterocycles. The summed E-state index contributed by atoms with van der Waals surface area (Å²) in [7, 11) is 0. The fourth-order valence-corrected chi connectivity index (χ4v) is 4.47. The van der Waals surface area contributed by atoms with E-state index in [4.69, 9.17) is 27.9 Å². The first-order valence-corrected chi connectivity index (χ1v) is 9.60. The van der Waals surface area contributed by atoms with Crippen LogP contribution in [0.4, 0.5) is 4.39 Å². The Bertz CT molecular complexity index is 1010. The average Bonchev–Trinajstić information content (AvgIpc) is 3.14. The predicted molar refractivity (Wildman–Crippen MR) is 108 cm³/mol.